The number of H-pyrrole nitrogens is 1. The molecule has 1 heterocycles. The molecule has 0 bridgehead atoms. The maximum absolute atomic E-state index is 12.1. The van der Waals surface area contributed by atoms with Gasteiger partial charge in [-0.3, -0.25) is 4.79 Å². The first-order valence-corrected chi connectivity index (χ1v) is 15.3. The van der Waals surface area contributed by atoms with Gasteiger partial charge in [-0.25, -0.2) is 0 Å². The highest BCUT2D eigenvalue weighted by molar-refractivity contribution is 5.70. The van der Waals surface area contributed by atoms with Gasteiger partial charge in [0.05, 0.1) is 23.7 Å². The van der Waals surface area contributed by atoms with E-state index in [1.165, 1.54) is 25.7 Å². The van der Waals surface area contributed by atoms with Crippen LogP contribution in [0.25, 0.3) is 0 Å². The van der Waals surface area contributed by atoms with Crippen LogP contribution in [0.1, 0.15) is 122 Å². The molecule has 212 valence electrons. The van der Waals surface area contributed by atoms with Crippen molar-refractivity contribution < 1.29 is 25.2 Å². The summed E-state index contributed by atoms with van der Waals surface area (Å²) in [5, 5.41) is 43.0. The summed E-state index contributed by atoms with van der Waals surface area (Å²) in [4.78, 5) is 15.3. The SMILES string of the molecule is CCCCCCCC(O)CCCCCCC(C(=O)O)C(O)C1CCC2CCC(Cc3ccc[nH]3)C2(O)C1. The van der Waals surface area contributed by atoms with E-state index in [1.807, 2.05) is 12.3 Å². The number of carbonyl (C=O) groups is 1. The maximum atomic E-state index is 12.1. The third-order valence-electron chi connectivity index (χ3n) is 9.54. The lowest BCUT2D eigenvalue weighted by molar-refractivity contribution is -0.152. The van der Waals surface area contributed by atoms with Gasteiger partial charge in [0.1, 0.15) is 0 Å². The van der Waals surface area contributed by atoms with Crippen molar-refractivity contribution >= 4 is 5.97 Å². The van der Waals surface area contributed by atoms with Crippen molar-refractivity contribution in [3.05, 3.63) is 24.0 Å². The van der Waals surface area contributed by atoms with E-state index in [2.05, 4.69) is 18.0 Å². The fourth-order valence-corrected chi connectivity index (χ4v) is 7.23. The first kappa shape index (κ1) is 30.2. The number of nitrogens with one attached hydrogen (secondary N) is 1. The Morgan fingerprint density at radius 2 is 1.62 bits per heavy atom. The Hall–Kier alpha value is -1.37. The molecule has 6 nitrogen and oxygen atoms in total. The van der Waals surface area contributed by atoms with Crippen molar-refractivity contribution in [2.45, 2.75) is 140 Å². The molecule has 0 radical (unpaired) electrons. The number of rotatable bonds is 18. The zero-order valence-electron chi connectivity index (χ0n) is 23.1. The second-order valence-corrected chi connectivity index (χ2v) is 12.2. The highest BCUT2D eigenvalue weighted by atomic mass is 16.4. The number of unbranched alkanes of at least 4 members (excludes halogenated alkanes) is 7. The molecule has 3 rings (SSSR count). The quantitative estimate of drug-likeness (QED) is 0.147. The summed E-state index contributed by atoms with van der Waals surface area (Å²) in [5.41, 5.74) is 0.319. The van der Waals surface area contributed by atoms with Crippen LogP contribution in [0, 0.1) is 23.7 Å². The minimum atomic E-state index is -0.922. The van der Waals surface area contributed by atoms with Crippen LogP contribution in [0.2, 0.25) is 0 Å². The number of hydrogen-bond donors (Lipinski definition) is 5. The molecule has 2 saturated carbocycles. The second-order valence-electron chi connectivity index (χ2n) is 12.2. The van der Waals surface area contributed by atoms with Gasteiger partial charge in [-0.05, 0) is 87.7 Å². The number of aliphatic carboxylic acids is 1. The number of aromatic nitrogens is 1. The number of aliphatic hydroxyl groups excluding tert-OH is 2. The standard InChI is InChI=1S/C31H53NO5/c1-2-3-4-5-8-13-27(33)14-9-6-7-10-15-28(30(35)36)29(34)23-16-17-24-18-19-25(31(24,37)22-23)21-26-12-11-20-32-26/h11-12,20,23-25,27-29,32-34,37H,2-10,13-19,21-22H2,1H3,(H,35,36). The molecule has 1 aromatic heterocycles. The van der Waals surface area contributed by atoms with E-state index in [0.717, 1.165) is 82.7 Å². The second kappa shape index (κ2) is 15.3. The smallest absolute Gasteiger partial charge is 0.309 e. The summed E-state index contributed by atoms with van der Waals surface area (Å²) in [6.45, 7) is 2.21. The van der Waals surface area contributed by atoms with Crippen LogP contribution in [-0.2, 0) is 11.2 Å². The molecule has 6 heteroatoms. The normalized spacial score (nSPS) is 28.1. The Labute approximate surface area is 224 Å². The highest BCUT2D eigenvalue weighted by Crippen LogP contribution is 2.52. The zero-order valence-corrected chi connectivity index (χ0v) is 23.1. The van der Waals surface area contributed by atoms with Crippen LogP contribution in [0.4, 0.5) is 0 Å². The van der Waals surface area contributed by atoms with E-state index in [1.54, 1.807) is 0 Å². The summed E-state index contributed by atoms with van der Waals surface area (Å²) >= 11 is 0. The third kappa shape index (κ3) is 8.83. The zero-order chi connectivity index (χ0) is 26.7. The number of aromatic amines is 1. The monoisotopic (exact) mass is 519 g/mol. The minimum absolute atomic E-state index is 0.154. The average Bonchev–Trinajstić information content (AvgIpc) is 3.50. The van der Waals surface area contributed by atoms with Crippen molar-refractivity contribution in [3.8, 4) is 0 Å². The number of aliphatic hydroxyl groups is 3. The molecule has 0 aliphatic heterocycles. The highest BCUT2D eigenvalue weighted by Gasteiger charge is 2.53. The molecular weight excluding hydrogens is 466 g/mol. The van der Waals surface area contributed by atoms with Crippen LogP contribution < -0.4 is 0 Å². The maximum Gasteiger partial charge on any atom is 0.309 e. The molecular formula is C31H53NO5. The van der Waals surface area contributed by atoms with E-state index in [9.17, 15) is 25.2 Å². The largest absolute Gasteiger partial charge is 0.481 e. The summed E-state index contributed by atoms with van der Waals surface area (Å²) in [5.74, 6) is -1.46. The molecule has 7 atom stereocenters. The molecule has 0 aromatic carbocycles. The Kier molecular flexibility index (Phi) is 12.5. The number of fused-ring (bicyclic) bond motifs is 1. The van der Waals surface area contributed by atoms with Gasteiger partial charge in [-0.1, -0.05) is 64.7 Å². The van der Waals surface area contributed by atoms with Gasteiger partial charge >= 0.3 is 5.97 Å². The fourth-order valence-electron chi connectivity index (χ4n) is 7.23. The van der Waals surface area contributed by atoms with Gasteiger partial charge in [0.2, 0.25) is 0 Å². The van der Waals surface area contributed by atoms with E-state index in [4.69, 9.17) is 0 Å². The summed E-state index contributed by atoms with van der Waals surface area (Å²) in [7, 11) is 0. The van der Waals surface area contributed by atoms with Crippen molar-refractivity contribution in [1.29, 1.82) is 0 Å². The first-order valence-electron chi connectivity index (χ1n) is 15.3. The molecule has 1 aromatic rings. The summed E-state index contributed by atoms with van der Waals surface area (Å²) < 4.78 is 0. The van der Waals surface area contributed by atoms with Crippen LogP contribution >= 0.6 is 0 Å². The first-order chi connectivity index (χ1) is 17.8. The number of carboxylic acid groups (broad SMARTS) is 1. The predicted octanol–water partition coefficient (Wildman–Crippen LogP) is 6.24. The van der Waals surface area contributed by atoms with Crippen LogP contribution in [0.5, 0.6) is 0 Å². The molecule has 5 N–H and O–H groups in total. The fraction of sp³-hybridized carbons (Fsp3) is 0.839. The Bertz CT molecular complexity index is 768. The molecule has 2 aliphatic rings. The van der Waals surface area contributed by atoms with Gasteiger partial charge in [0.15, 0.2) is 0 Å². The molecule has 0 spiro atoms. The number of carboxylic acids is 1. The lowest BCUT2D eigenvalue weighted by Crippen LogP contribution is -2.49. The predicted molar refractivity (Wildman–Crippen MR) is 147 cm³/mol. The van der Waals surface area contributed by atoms with Crippen LogP contribution in [0.3, 0.4) is 0 Å². The molecule has 2 aliphatic carbocycles. The Morgan fingerprint density at radius 3 is 2.24 bits per heavy atom. The average molecular weight is 520 g/mol. The van der Waals surface area contributed by atoms with Crippen molar-refractivity contribution in [2.75, 3.05) is 0 Å². The molecule has 2 fully saturated rings. The lowest BCUT2D eigenvalue weighted by Gasteiger charge is -2.44. The third-order valence-corrected chi connectivity index (χ3v) is 9.54. The van der Waals surface area contributed by atoms with E-state index in [0.29, 0.717) is 12.8 Å². The summed E-state index contributed by atoms with van der Waals surface area (Å²) in [6, 6.07) is 4.04. The minimum Gasteiger partial charge on any atom is -0.481 e. The van der Waals surface area contributed by atoms with E-state index >= 15 is 0 Å². The molecule has 0 saturated heterocycles. The van der Waals surface area contributed by atoms with Gasteiger partial charge in [0, 0.05) is 11.9 Å². The Morgan fingerprint density at radius 1 is 0.973 bits per heavy atom. The lowest BCUT2D eigenvalue weighted by atomic mass is 9.66. The van der Waals surface area contributed by atoms with Gasteiger partial charge < -0.3 is 25.4 Å². The van der Waals surface area contributed by atoms with Gasteiger partial charge in [0.25, 0.3) is 0 Å². The van der Waals surface area contributed by atoms with Crippen LogP contribution in [0.15, 0.2) is 18.3 Å². The van der Waals surface area contributed by atoms with Gasteiger partial charge in [-0.2, -0.15) is 0 Å². The topological polar surface area (TPSA) is 114 Å². The van der Waals surface area contributed by atoms with Gasteiger partial charge in [-0.15, -0.1) is 0 Å². The molecule has 7 unspecified atom stereocenters. The van der Waals surface area contributed by atoms with Crippen molar-refractivity contribution in [3.63, 3.8) is 0 Å². The summed E-state index contributed by atoms with van der Waals surface area (Å²) in [6.07, 6.45) is 17.7. The van der Waals surface area contributed by atoms with E-state index in [-0.39, 0.29) is 23.9 Å². The molecule has 0 amide bonds. The van der Waals surface area contributed by atoms with E-state index < -0.39 is 23.6 Å². The van der Waals surface area contributed by atoms with Crippen LogP contribution in [-0.4, -0.2) is 49.2 Å². The van der Waals surface area contributed by atoms with Crippen molar-refractivity contribution in [1.82, 2.24) is 4.98 Å². The Balaban J connectivity index is 1.39. The number of hydrogen-bond acceptors (Lipinski definition) is 4. The molecule has 37 heavy (non-hydrogen) atoms. The van der Waals surface area contributed by atoms with Crippen molar-refractivity contribution in [2.24, 2.45) is 23.7 Å².